The summed E-state index contributed by atoms with van der Waals surface area (Å²) in [5.74, 6) is -0.0140. The van der Waals surface area contributed by atoms with Crippen LogP contribution in [0.1, 0.15) is 20.3 Å². The number of sulfone groups is 1. The summed E-state index contributed by atoms with van der Waals surface area (Å²) in [5, 5.41) is 0. The highest BCUT2D eigenvalue weighted by Gasteiger charge is 2.23. The smallest absolute Gasteiger partial charge is 0.153 e. The molecule has 132 valence electrons. The van der Waals surface area contributed by atoms with Crippen molar-refractivity contribution in [2.45, 2.75) is 31.9 Å². The van der Waals surface area contributed by atoms with E-state index in [4.69, 9.17) is 24.7 Å². The van der Waals surface area contributed by atoms with Crippen LogP contribution in [-0.2, 0) is 28.8 Å². The van der Waals surface area contributed by atoms with Crippen molar-refractivity contribution in [3.8, 4) is 0 Å². The number of nitrogens with two attached hydrogens (primary N) is 1. The van der Waals surface area contributed by atoms with E-state index in [1.165, 1.54) is 0 Å². The monoisotopic (exact) mass is 339 g/mol. The summed E-state index contributed by atoms with van der Waals surface area (Å²) >= 11 is 0. The van der Waals surface area contributed by atoms with E-state index in [2.05, 4.69) is 0 Å². The van der Waals surface area contributed by atoms with E-state index in [1.807, 2.05) is 13.8 Å². The van der Waals surface area contributed by atoms with E-state index >= 15 is 0 Å². The zero-order valence-electron chi connectivity index (χ0n) is 13.6. The van der Waals surface area contributed by atoms with Crippen molar-refractivity contribution < 1.29 is 27.4 Å². The molecule has 0 radical (unpaired) electrons. The number of hydrogen-bond donors (Lipinski definition) is 1. The van der Waals surface area contributed by atoms with Gasteiger partial charge in [0.15, 0.2) is 9.84 Å². The molecule has 7 nitrogen and oxygen atoms in total. The lowest BCUT2D eigenvalue weighted by atomic mass is 10.0. The molecule has 0 bridgehead atoms. The molecule has 22 heavy (non-hydrogen) atoms. The van der Waals surface area contributed by atoms with E-state index < -0.39 is 21.5 Å². The molecule has 1 saturated heterocycles. The molecular weight excluding hydrogens is 310 g/mol. The largest absolute Gasteiger partial charge is 0.377 e. The second kappa shape index (κ2) is 9.79. The minimum Gasteiger partial charge on any atom is -0.377 e. The summed E-state index contributed by atoms with van der Waals surface area (Å²) in [6.07, 6.45) is -0.0752. The molecule has 0 aromatic heterocycles. The highest BCUT2D eigenvalue weighted by Crippen LogP contribution is 2.09. The third-order valence-electron chi connectivity index (χ3n) is 3.13. The van der Waals surface area contributed by atoms with Crippen LogP contribution in [0.5, 0.6) is 0 Å². The summed E-state index contributed by atoms with van der Waals surface area (Å²) in [7, 11) is -3.24. The van der Waals surface area contributed by atoms with Crippen molar-refractivity contribution >= 4 is 9.84 Å². The maximum atomic E-state index is 12.2. The third-order valence-corrected chi connectivity index (χ3v) is 4.83. The maximum Gasteiger partial charge on any atom is 0.153 e. The lowest BCUT2D eigenvalue weighted by molar-refractivity contribution is -0.0597. The van der Waals surface area contributed by atoms with Crippen LogP contribution >= 0.6 is 0 Å². The minimum atomic E-state index is -3.24. The Morgan fingerprint density at radius 1 is 1.00 bits per heavy atom. The topological polar surface area (TPSA) is 97.1 Å². The Labute approximate surface area is 133 Å². The lowest BCUT2D eigenvalue weighted by Crippen LogP contribution is -2.37. The van der Waals surface area contributed by atoms with Gasteiger partial charge in [-0.15, -0.1) is 0 Å². The van der Waals surface area contributed by atoms with Crippen LogP contribution < -0.4 is 5.73 Å². The zero-order chi connectivity index (χ0) is 16.5. The highest BCUT2D eigenvalue weighted by molar-refractivity contribution is 7.91. The van der Waals surface area contributed by atoms with Gasteiger partial charge in [0.05, 0.1) is 63.9 Å². The average Bonchev–Trinajstić information content (AvgIpc) is 2.39. The molecule has 0 saturated carbocycles. The first-order valence-electron chi connectivity index (χ1n) is 7.63. The second-order valence-electron chi connectivity index (χ2n) is 6.15. The van der Waals surface area contributed by atoms with Gasteiger partial charge in [-0.2, -0.15) is 0 Å². The second-order valence-corrected chi connectivity index (χ2v) is 8.37. The van der Waals surface area contributed by atoms with Crippen LogP contribution in [0.2, 0.25) is 0 Å². The van der Waals surface area contributed by atoms with Crippen molar-refractivity contribution in [1.82, 2.24) is 0 Å². The Morgan fingerprint density at radius 2 is 1.55 bits per heavy atom. The first-order valence-corrected chi connectivity index (χ1v) is 9.45. The SMILES string of the molecule is CC(C)(N)CCS(=O)(=O)CC1COCCOCCOCCO1. The van der Waals surface area contributed by atoms with Gasteiger partial charge in [0.2, 0.25) is 0 Å². The molecular formula is C14H29NO6S. The van der Waals surface area contributed by atoms with E-state index in [0.29, 0.717) is 46.1 Å². The van der Waals surface area contributed by atoms with Crippen LogP contribution in [0.15, 0.2) is 0 Å². The first-order chi connectivity index (χ1) is 10.3. The van der Waals surface area contributed by atoms with Gasteiger partial charge < -0.3 is 24.7 Å². The molecule has 0 aromatic rings. The van der Waals surface area contributed by atoms with Gasteiger partial charge in [0.1, 0.15) is 0 Å². The van der Waals surface area contributed by atoms with Crippen molar-refractivity contribution in [3.05, 3.63) is 0 Å². The van der Waals surface area contributed by atoms with Crippen LogP contribution in [-0.4, -0.2) is 77.8 Å². The van der Waals surface area contributed by atoms with Crippen LogP contribution in [0.25, 0.3) is 0 Å². The van der Waals surface area contributed by atoms with Crippen molar-refractivity contribution in [2.24, 2.45) is 5.73 Å². The van der Waals surface area contributed by atoms with Gasteiger partial charge in [0, 0.05) is 5.54 Å². The molecule has 1 unspecified atom stereocenters. The molecule has 1 fully saturated rings. The molecule has 8 heteroatoms. The van der Waals surface area contributed by atoms with E-state index in [9.17, 15) is 8.42 Å². The fourth-order valence-corrected chi connectivity index (χ4v) is 3.62. The molecule has 0 spiro atoms. The molecule has 1 atom stereocenters. The van der Waals surface area contributed by atoms with Crippen molar-refractivity contribution in [1.29, 1.82) is 0 Å². The van der Waals surface area contributed by atoms with Gasteiger partial charge in [-0.1, -0.05) is 0 Å². The Morgan fingerprint density at radius 3 is 2.14 bits per heavy atom. The average molecular weight is 339 g/mol. The third kappa shape index (κ3) is 10.5. The van der Waals surface area contributed by atoms with Crippen LogP contribution in [0.3, 0.4) is 0 Å². The molecule has 0 aliphatic carbocycles. The number of rotatable bonds is 5. The van der Waals surface area contributed by atoms with E-state index in [0.717, 1.165) is 0 Å². The fourth-order valence-electron chi connectivity index (χ4n) is 1.86. The molecule has 2 N–H and O–H groups in total. The Hall–Kier alpha value is -0.250. The zero-order valence-corrected chi connectivity index (χ0v) is 14.4. The fraction of sp³-hybridized carbons (Fsp3) is 1.00. The van der Waals surface area contributed by atoms with Gasteiger partial charge in [-0.25, -0.2) is 8.42 Å². The Bertz CT molecular complexity index is 381. The molecule has 1 heterocycles. The number of ether oxygens (including phenoxy) is 4. The number of hydrogen-bond acceptors (Lipinski definition) is 7. The highest BCUT2D eigenvalue weighted by atomic mass is 32.2. The van der Waals surface area contributed by atoms with E-state index in [-0.39, 0.29) is 18.1 Å². The predicted octanol–water partition coefficient (Wildman–Crippen LogP) is -0.0228. The van der Waals surface area contributed by atoms with Gasteiger partial charge in [0.25, 0.3) is 0 Å². The van der Waals surface area contributed by atoms with Gasteiger partial charge in [-0.3, -0.25) is 0 Å². The standard InChI is InChI=1S/C14H29NO6S/c1-14(2,15)3-10-22(16,17)12-13-11-20-7-6-18-4-5-19-8-9-21-13/h13H,3-12,15H2,1-2H3. The van der Waals surface area contributed by atoms with Crippen LogP contribution in [0, 0.1) is 0 Å². The lowest BCUT2D eigenvalue weighted by Gasteiger charge is -2.21. The Balaban J connectivity index is 2.46. The van der Waals surface area contributed by atoms with Gasteiger partial charge in [-0.05, 0) is 20.3 Å². The Kier molecular flexibility index (Phi) is 8.81. The molecule has 1 aliphatic heterocycles. The quantitative estimate of drug-likeness (QED) is 0.751. The van der Waals surface area contributed by atoms with Crippen molar-refractivity contribution in [2.75, 3.05) is 57.8 Å². The summed E-state index contributed by atoms with van der Waals surface area (Å²) in [5.41, 5.74) is 5.34. The molecule has 1 aliphatic rings. The summed E-state index contributed by atoms with van der Waals surface area (Å²) in [4.78, 5) is 0. The minimum absolute atomic E-state index is 0.0516. The molecule has 0 aromatic carbocycles. The summed E-state index contributed by atoms with van der Waals surface area (Å²) in [6.45, 7) is 6.51. The van der Waals surface area contributed by atoms with E-state index in [1.54, 1.807) is 0 Å². The van der Waals surface area contributed by atoms with Crippen molar-refractivity contribution in [3.63, 3.8) is 0 Å². The summed E-state index contributed by atoms with van der Waals surface area (Å²) < 4.78 is 46.0. The summed E-state index contributed by atoms with van der Waals surface area (Å²) in [6, 6.07) is 0. The van der Waals surface area contributed by atoms with Crippen LogP contribution in [0.4, 0.5) is 0 Å². The maximum absolute atomic E-state index is 12.2. The molecule has 1 rings (SSSR count). The predicted molar refractivity (Wildman–Crippen MR) is 83.7 cm³/mol. The van der Waals surface area contributed by atoms with Gasteiger partial charge >= 0.3 is 0 Å². The first kappa shape index (κ1) is 19.8. The molecule has 0 amide bonds. The normalized spacial score (nSPS) is 23.5.